The number of halogens is 1. The molecule has 0 bridgehead atoms. The molecule has 7 heteroatoms. The lowest BCUT2D eigenvalue weighted by atomic mass is 9.80. The van der Waals surface area contributed by atoms with Crippen LogP contribution in [0.3, 0.4) is 0 Å². The molecule has 65 heavy (non-hydrogen) atoms. The molecular formula is C58H48ClNO5. The van der Waals surface area contributed by atoms with E-state index in [1.165, 1.54) is 0 Å². The SMILES string of the molecule is Cc1ccc(C(OC(=O)[C@@H](Cc2ccc(OC(c3ccccc3)(c3ccccc3)c3ccccc3Cl)cc2)NC(=O)OCC2c3ccccc3-c3ccccc32)c2ccc(C)cc2)cc1. The van der Waals surface area contributed by atoms with E-state index in [9.17, 15) is 9.59 Å². The fourth-order valence-corrected chi connectivity index (χ4v) is 9.10. The largest absolute Gasteiger partial charge is 0.473 e. The van der Waals surface area contributed by atoms with E-state index in [4.69, 9.17) is 25.8 Å². The van der Waals surface area contributed by atoms with Crippen molar-refractivity contribution < 1.29 is 23.8 Å². The highest BCUT2D eigenvalue weighted by molar-refractivity contribution is 6.31. The summed E-state index contributed by atoms with van der Waals surface area (Å²) in [6.45, 7) is 4.13. The van der Waals surface area contributed by atoms with Crippen molar-refractivity contribution in [1.29, 1.82) is 0 Å². The molecule has 9 rings (SSSR count). The van der Waals surface area contributed by atoms with Crippen LogP contribution < -0.4 is 10.1 Å². The van der Waals surface area contributed by atoms with Gasteiger partial charge in [-0.15, -0.1) is 0 Å². The van der Waals surface area contributed by atoms with Gasteiger partial charge in [0.1, 0.15) is 18.4 Å². The minimum absolute atomic E-state index is 0.0963. The molecule has 8 aromatic rings. The van der Waals surface area contributed by atoms with Crippen molar-refractivity contribution in [2.45, 2.75) is 43.9 Å². The standard InChI is InChI=1S/C58H48ClNO5/c1-39-25-31-42(32-26-39)55(43-33-27-40(2)28-34-43)64-56(61)54(60-57(62)63-38-51-49-21-11-9-19-47(49)48-20-10-12-22-50(48)51)37-41-29-35-46(36-30-41)65-58(44-15-5-3-6-16-44,45-17-7-4-8-18-45)52-23-13-14-24-53(52)59/h3-36,51,54-55H,37-38H2,1-2H3,(H,60,62)/t54-/m1/s1. The number of hydrogen-bond acceptors (Lipinski definition) is 5. The number of alkyl carbamates (subject to hydrolysis) is 1. The summed E-state index contributed by atoms with van der Waals surface area (Å²) in [7, 11) is 0. The van der Waals surface area contributed by atoms with Crippen LogP contribution in [0.2, 0.25) is 5.02 Å². The summed E-state index contributed by atoms with van der Waals surface area (Å²) in [6.07, 6.45) is -1.32. The monoisotopic (exact) mass is 873 g/mol. The van der Waals surface area contributed by atoms with E-state index >= 15 is 0 Å². The second kappa shape index (κ2) is 19.1. The van der Waals surface area contributed by atoms with E-state index in [0.717, 1.165) is 66.8 Å². The van der Waals surface area contributed by atoms with E-state index in [0.29, 0.717) is 10.8 Å². The predicted molar refractivity (Wildman–Crippen MR) is 257 cm³/mol. The van der Waals surface area contributed by atoms with Gasteiger partial charge in [0.25, 0.3) is 0 Å². The van der Waals surface area contributed by atoms with Crippen LogP contribution in [0.4, 0.5) is 4.79 Å². The van der Waals surface area contributed by atoms with Crippen LogP contribution in [-0.2, 0) is 26.3 Å². The quantitative estimate of drug-likeness (QED) is 0.0870. The molecule has 0 saturated carbocycles. The molecule has 1 aliphatic rings. The summed E-state index contributed by atoms with van der Waals surface area (Å²) >= 11 is 6.99. The number of aryl methyl sites for hydroxylation is 2. The first-order valence-corrected chi connectivity index (χ1v) is 22.2. The zero-order valence-electron chi connectivity index (χ0n) is 36.2. The number of nitrogens with one attached hydrogen (secondary N) is 1. The lowest BCUT2D eigenvalue weighted by Crippen LogP contribution is -2.44. The van der Waals surface area contributed by atoms with Crippen LogP contribution in [-0.4, -0.2) is 24.7 Å². The van der Waals surface area contributed by atoms with Gasteiger partial charge in [-0.3, -0.25) is 0 Å². The molecule has 8 aromatic carbocycles. The Morgan fingerprint density at radius 3 is 1.62 bits per heavy atom. The van der Waals surface area contributed by atoms with Gasteiger partial charge in [-0.25, -0.2) is 9.59 Å². The zero-order chi connectivity index (χ0) is 44.8. The molecule has 322 valence electrons. The topological polar surface area (TPSA) is 73.9 Å². The van der Waals surface area contributed by atoms with Gasteiger partial charge in [-0.05, 0) is 71.0 Å². The highest BCUT2D eigenvalue weighted by atomic mass is 35.5. The van der Waals surface area contributed by atoms with Gasteiger partial charge >= 0.3 is 12.1 Å². The number of benzene rings is 8. The van der Waals surface area contributed by atoms with Crippen LogP contribution in [0.1, 0.15) is 67.7 Å². The Hall–Kier alpha value is -7.41. The number of fused-ring (bicyclic) bond motifs is 3. The third-order valence-electron chi connectivity index (χ3n) is 12.2. The molecule has 0 spiro atoms. The van der Waals surface area contributed by atoms with Gasteiger partial charge in [0, 0.05) is 34.1 Å². The van der Waals surface area contributed by atoms with E-state index in [1.807, 2.05) is 196 Å². The maximum atomic E-state index is 14.6. The average Bonchev–Trinajstić information content (AvgIpc) is 3.67. The molecule has 6 nitrogen and oxygen atoms in total. The van der Waals surface area contributed by atoms with Crippen molar-refractivity contribution in [3.8, 4) is 16.9 Å². The highest BCUT2D eigenvalue weighted by Crippen LogP contribution is 2.46. The van der Waals surface area contributed by atoms with Gasteiger partial charge in [0.2, 0.25) is 0 Å². The molecule has 1 N–H and O–H groups in total. The summed E-state index contributed by atoms with van der Waals surface area (Å²) < 4.78 is 19.5. The Bertz CT molecular complexity index is 2770. The van der Waals surface area contributed by atoms with Crippen molar-refractivity contribution in [3.63, 3.8) is 0 Å². The fourth-order valence-electron chi connectivity index (χ4n) is 8.83. The summed E-state index contributed by atoms with van der Waals surface area (Å²) in [5, 5.41) is 3.47. The molecule has 0 aromatic heterocycles. The van der Waals surface area contributed by atoms with E-state index in [-0.39, 0.29) is 18.9 Å². The Morgan fingerprint density at radius 2 is 1.08 bits per heavy atom. The van der Waals surface area contributed by atoms with Crippen LogP contribution in [0, 0.1) is 13.8 Å². The first-order valence-electron chi connectivity index (χ1n) is 21.9. The number of carbonyl (C=O) groups is 2. The zero-order valence-corrected chi connectivity index (χ0v) is 37.0. The summed E-state index contributed by atoms with van der Waals surface area (Å²) in [4.78, 5) is 28.5. The normalized spacial score (nSPS) is 12.5. The summed E-state index contributed by atoms with van der Waals surface area (Å²) in [5.74, 6) is -0.178. The third-order valence-corrected chi connectivity index (χ3v) is 12.5. The van der Waals surface area contributed by atoms with E-state index in [2.05, 4.69) is 29.6 Å². The van der Waals surface area contributed by atoms with Gasteiger partial charge in [0.05, 0.1) is 0 Å². The molecule has 0 radical (unpaired) electrons. The number of carbonyl (C=O) groups excluding carboxylic acids is 2. The number of amides is 1. The van der Waals surface area contributed by atoms with Crippen molar-refractivity contribution in [3.05, 3.63) is 267 Å². The Kier molecular flexibility index (Phi) is 12.6. The third kappa shape index (κ3) is 9.17. The number of ether oxygens (including phenoxy) is 3. The first-order chi connectivity index (χ1) is 31.8. The van der Waals surface area contributed by atoms with Crippen molar-refractivity contribution in [2.75, 3.05) is 6.61 Å². The molecule has 0 saturated heterocycles. The average molecular weight is 874 g/mol. The lowest BCUT2D eigenvalue weighted by molar-refractivity contribution is -0.150. The van der Waals surface area contributed by atoms with Gasteiger partial charge < -0.3 is 19.5 Å². The lowest BCUT2D eigenvalue weighted by Gasteiger charge is -2.37. The fraction of sp³-hybridized carbons (Fsp3) is 0.138. The Morgan fingerprint density at radius 1 is 0.585 bits per heavy atom. The molecule has 1 atom stereocenters. The Labute approximate surface area is 385 Å². The molecule has 1 amide bonds. The van der Waals surface area contributed by atoms with Crippen molar-refractivity contribution in [1.82, 2.24) is 5.32 Å². The van der Waals surface area contributed by atoms with Gasteiger partial charge in [0.15, 0.2) is 11.7 Å². The molecule has 1 aliphatic carbocycles. The number of hydrogen-bond donors (Lipinski definition) is 1. The first kappa shape index (κ1) is 42.9. The molecular weight excluding hydrogens is 826 g/mol. The number of rotatable bonds is 14. The van der Waals surface area contributed by atoms with Crippen molar-refractivity contribution in [2.24, 2.45) is 0 Å². The highest BCUT2D eigenvalue weighted by Gasteiger charge is 2.41. The van der Waals surface area contributed by atoms with E-state index < -0.39 is 29.8 Å². The van der Waals surface area contributed by atoms with Gasteiger partial charge in [-0.2, -0.15) is 0 Å². The van der Waals surface area contributed by atoms with Crippen LogP contribution in [0.25, 0.3) is 11.1 Å². The molecule has 0 unspecified atom stereocenters. The minimum atomic E-state index is -1.11. The van der Waals surface area contributed by atoms with Gasteiger partial charge in [-0.1, -0.05) is 211 Å². The van der Waals surface area contributed by atoms with E-state index in [1.54, 1.807) is 0 Å². The molecule has 0 aliphatic heterocycles. The number of esters is 1. The molecule has 0 fully saturated rings. The second-order valence-corrected chi connectivity index (χ2v) is 16.9. The second-order valence-electron chi connectivity index (χ2n) is 16.5. The maximum Gasteiger partial charge on any atom is 0.407 e. The smallest absolute Gasteiger partial charge is 0.407 e. The van der Waals surface area contributed by atoms with Crippen LogP contribution >= 0.6 is 11.6 Å². The van der Waals surface area contributed by atoms with Crippen LogP contribution in [0.15, 0.2) is 206 Å². The minimum Gasteiger partial charge on any atom is -0.473 e. The summed E-state index contributed by atoms with van der Waals surface area (Å²) in [5.41, 5.74) is 10.5. The Balaban J connectivity index is 1.02. The van der Waals surface area contributed by atoms with Crippen LogP contribution in [0.5, 0.6) is 5.75 Å². The molecule has 0 heterocycles. The predicted octanol–water partition coefficient (Wildman–Crippen LogP) is 13.1. The summed E-state index contributed by atoms with van der Waals surface area (Å²) in [6, 6.07) is 66.4. The van der Waals surface area contributed by atoms with Crippen molar-refractivity contribution >= 4 is 23.7 Å². The maximum absolute atomic E-state index is 14.6.